The van der Waals surface area contributed by atoms with Crippen molar-refractivity contribution in [1.82, 2.24) is 0 Å². The van der Waals surface area contributed by atoms with E-state index >= 15 is 0 Å². The van der Waals surface area contributed by atoms with Crippen LogP contribution in [0.5, 0.6) is 0 Å². The second-order valence-corrected chi connectivity index (χ2v) is 11.4. The van der Waals surface area contributed by atoms with Crippen molar-refractivity contribution in [3.8, 4) is 0 Å². The molecule has 0 spiro atoms. The first-order valence-corrected chi connectivity index (χ1v) is 12.8. The SMILES string of the molecule is CCC1C=CCC2CCC3C4C=CC(C4)C3CCC3C4C=CC(C4)C3CCC12. The van der Waals surface area contributed by atoms with Gasteiger partial charge in [0.2, 0.25) is 0 Å². The third-order valence-corrected chi connectivity index (χ3v) is 10.6. The highest BCUT2D eigenvalue weighted by Crippen LogP contribution is 2.57. The molecule has 0 N–H and O–H groups in total. The van der Waals surface area contributed by atoms with Crippen LogP contribution in [0.3, 0.4) is 0 Å². The number of fused-ring (bicyclic) bond motifs is 11. The predicted molar refractivity (Wildman–Crippen MR) is 118 cm³/mol. The molecule has 6 aliphatic rings. The van der Waals surface area contributed by atoms with Crippen LogP contribution in [0.1, 0.15) is 71.1 Å². The lowest BCUT2D eigenvalue weighted by Gasteiger charge is -2.40. The smallest absolute Gasteiger partial charge is 0.0196 e. The summed E-state index contributed by atoms with van der Waals surface area (Å²) in [7, 11) is 0. The van der Waals surface area contributed by atoms with Crippen molar-refractivity contribution in [3.63, 3.8) is 0 Å². The zero-order chi connectivity index (χ0) is 18.7. The highest BCUT2D eigenvalue weighted by Gasteiger charge is 2.48. The van der Waals surface area contributed by atoms with E-state index < -0.39 is 0 Å². The van der Waals surface area contributed by atoms with E-state index in [0.29, 0.717) is 0 Å². The molecule has 0 aromatic rings. The molecule has 0 aromatic heterocycles. The van der Waals surface area contributed by atoms with Gasteiger partial charge in [0.15, 0.2) is 0 Å². The van der Waals surface area contributed by atoms with Gasteiger partial charge in [-0.2, -0.15) is 0 Å². The van der Waals surface area contributed by atoms with Gasteiger partial charge in [-0.3, -0.25) is 0 Å². The van der Waals surface area contributed by atoms with Crippen LogP contribution in [-0.4, -0.2) is 0 Å². The summed E-state index contributed by atoms with van der Waals surface area (Å²) in [4.78, 5) is 0. The lowest BCUT2D eigenvalue weighted by atomic mass is 9.65. The fraction of sp³-hybridized carbons (Fsp3) is 0.786. The molecule has 0 amide bonds. The van der Waals surface area contributed by atoms with E-state index in [0.717, 1.165) is 65.1 Å². The Bertz CT molecular complexity index is 668. The van der Waals surface area contributed by atoms with Crippen molar-refractivity contribution in [3.05, 3.63) is 36.5 Å². The Hall–Kier alpha value is -0.780. The van der Waals surface area contributed by atoms with E-state index in [1.165, 1.54) is 51.4 Å². The molecule has 0 heteroatoms. The molecule has 11 unspecified atom stereocenters. The molecule has 4 bridgehead atoms. The van der Waals surface area contributed by atoms with E-state index in [1.54, 1.807) is 12.8 Å². The summed E-state index contributed by atoms with van der Waals surface area (Å²) in [6, 6.07) is 0. The molecular formula is C28H40. The molecule has 0 radical (unpaired) electrons. The van der Waals surface area contributed by atoms with Crippen LogP contribution in [0.25, 0.3) is 0 Å². The van der Waals surface area contributed by atoms with Crippen molar-refractivity contribution >= 4 is 0 Å². The highest BCUT2D eigenvalue weighted by atomic mass is 14.5. The van der Waals surface area contributed by atoms with Gasteiger partial charge in [0.25, 0.3) is 0 Å². The Morgan fingerprint density at radius 3 is 1.54 bits per heavy atom. The van der Waals surface area contributed by atoms with Crippen molar-refractivity contribution in [2.24, 2.45) is 65.1 Å². The summed E-state index contributed by atoms with van der Waals surface area (Å²) in [5.41, 5.74) is 0. The molecule has 0 aliphatic heterocycles. The normalized spacial score (nSPS) is 54.1. The van der Waals surface area contributed by atoms with Crippen LogP contribution in [0, 0.1) is 65.1 Å². The summed E-state index contributed by atoms with van der Waals surface area (Å²) in [5.74, 6) is 10.7. The van der Waals surface area contributed by atoms with Gasteiger partial charge < -0.3 is 0 Å². The summed E-state index contributed by atoms with van der Waals surface area (Å²) in [5, 5.41) is 0. The summed E-state index contributed by atoms with van der Waals surface area (Å²) in [6.07, 6.45) is 30.6. The number of rotatable bonds is 1. The Kier molecular flexibility index (Phi) is 4.62. The van der Waals surface area contributed by atoms with E-state index in [-0.39, 0.29) is 0 Å². The standard InChI is InChI=1S/C28H40/c1-2-18-4-3-5-19-10-11-25-20-6-7-22(16-20)27(25)14-15-28-23-9-8-21(17-23)26(28)13-12-24(18)19/h3-4,6-9,18-28H,2,5,10-17H2,1H3. The predicted octanol–water partition coefficient (Wildman–Crippen LogP) is 7.44. The van der Waals surface area contributed by atoms with E-state index in [2.05, 4.69) is 43.4 Å². The lowest BCUT2D eigenvalue weighted by Crippen LogP contribution is -2.30. The number of allylic oxidation sites excluding steroid dienone is 6. The number of hydrogen-bond donors (Lipinski definition) is 0. The molecule has 0 saturated heterocycles. The fourth-order valence-corrected chi connectivity index (χ4v) is 9.26. The molecule has 0 heterocycles. The van der Waals surface area contributed by atoms with Crippen molar-refractivity contribution in [2.75, 3.05) is 0 Å². The van der Waals surface area contributed by atoms with Gasteiger partial charge in [-0.1, -0.05) is 43.4 Å². The third kappa shape index (κ3) is 2.84. The van der Waals surface area contributed by atoms with Gasteiger partial charge in [-0.05, 0) is 129 Å². The molecule has 11 atom stereocenters. The van der Waals surface area contributed by atoms with Crippen LogP contribution in [0.15, 0.2) is 36.5 Å². The quantitative estimate of drug-likeness (QED) is 0.417. The molecule has 28 heavy (non-hydrogen) atoms. The maximum Gasteiger partial charge on any atom is -0.0196 e. The van der Waals surface area contributed by atoms with Crippen LogP contribution in [0.2, 0.25) is 0 Å². The minimum atomic E-state index is 0.866. The lowest BCUT2D eigenvalue weighted by molar-refractivity contribution is 0.142. The Morgan fingerprint density at radius 1 is 0.571 bits per heavy atom. The summed E-state index contributed by atoms with van der Waals surface area (Å²) < 4.78 is 0. The zero-order valence-electron chi connectivity index (χ0n) is 17.9. The largest absolute Gasteiger partial charge is 0.0880 e. The molecule has 3 saturated carbocycles. The van der Waals surface area contributed by atoms with Gasteiger partial charge in [0.05, 0.1) is 0 Å². The van der Waals surface area contributed by atoms with Gasteiger partial charge in [0.1, 0.15) is 0 Å². The maximum absolute atomic E-state index is 2.62. The van der Waals surface area contributed by atoms with Gasteiger partial charge in [-0.15, -0.1) is 0 Å². The van der Waals surface area contributed by atoms with E-state index in [9.17, 15) is 0 Å². The Balaban J connectivity index is 1.29. The molecule has 6 aliphatic carbocycles. The van der Waals surface area contributed by atoms with Gasteiger partial charge >= 0.3 is 0 Å². The van der Waals surface area contributed by atoms with Crippen LogP contribution < -0.4 is 0 Å². The van der Waals surface area contributed by atoms with Crippen LogP contribution in [0.4, 0.5) is 0 Å². The minimum Gasteiger partial charge on any atom is -0.0880 e. The van der Waals surface area contributed by atoms with Gasteiger partial charge in [0, 0.05) is 0 Å². The van der Waals surface area contributed by atoms with Crippen LogP contribution >= 0.6 is 0 Å². The summed E-state index contributed by atoms with van der Waals surface area (Å²) in [6.45, 7) is 2.44. The van der Waals surface area contributed by atoms with E-state index in [1.807, 2.05) is 0 Å². The minimum absolute atomic E-state index is 0.866. The van der Waals surface area contributed by atoms with Crippen molar-refractivity contribution in [2.45, 2.75) is 71.1 Å². The van der Waals surface area contributed by atoms with Gasteiger partial charge in [-0.25, -0.2) is 0 Å². The topological polar surface area (TPSA) is 0 Å². The average molecular weight is 377 g/mol. The van der Waals surface area contributed by atoms with Crippen molar-refractivity contribution in [1.29, 1.82) is 0 Å². The first-order valence-electron chi connectivity index (χ1n) is 12.8. The van der Waals surface area contributed by atoms with Crippen LogP contribution in [-0.2, 0) is 0 Å². The number of hydrogen-bond acceptors (Lipinski definition) is 0. The average Bonchev–Trinajstić information content (AvgIpc) is 3.49. The first kappa shape index (κ1) is 18.0. The first-order chi connectivity index (χ1) is 13.8. The third-order valence-electron chi connectivity index (χ3n) is 10.6. The monoisotopic (exact) mass is 376 g/mol. The second-order valence-electron chi connectivity index (χ2n) is 11.4. The zero-order valence-corrected chi connectivity index (χ0v) is 17.9. The molecule has 152 valence electrons. The second kappa shape index (κ2) is 7.17. The summed E-state index contributed by atoms with van der Waals surface area (Å²) >= 11 is 0. The molecule has 0 aromatic carbocycles. The molecule has 0 nitrogen and oxygen atoms in total. The fourth-order valence-electron chi connectivity index (χ4n) is 9.26. The highest BCUT2D eigenvalue weighted by molar-refractivity contribution is 5.16. The molecular weight excluding hydrogens is 336 g/mol. The molecule has 6 rings (SSSR count). The Labute approximate surface area is 172 Å². The molecule has 3 fully saturated rings. The van der Waals surface area contributed by atoms with E-state index in [4.69, 9.17) is 0 Å². The van der Waals surface area contributed by atoms with Crippen molar-refractivity contribution < 1.29 is 0 Å². The Morgan fingerprint density at radius 2 is 1.04 bits per heavy atom. The maximum atomic E-state index is 2.62.